The quantitative estimate of drug-likeness (QED) is 0.0571. The summed E-state index contributed by atoms with van der Waals surface area (Å²) < 4.78 is 35.5. The van der Waals surface area contributed by atoms with E-state index in [2.05, 4.69) is 24.5 Å². The summed E-state index contributed by atoms with van der Waals surface area (Å²) in [7, 11) is 0. The number of primary amides is 1. The van der Waals surface area contributed by atoms with Gasteiger partial charge < -0.3 is 49.9 Å². The lowest BCUT2D eigenvalue weighted by molar-refractivity contribution is -0.0111. The van der Waals surface area contributed by atoms with Crippen LogP contribution in [-0.4, -0.2) is 112 Å². The average molecular weight is 816 g/mol. The number of aryl methyl sites for hydroxylation is 1. The highest BCUT2D eigenvalue weighted by Crippen LogP contribution is 2.37. The Labute approximate surface area is 345 Å². The Morgan fingerprint density at radius 3 is 1.88 bits per heavy atom. The summed E-state index contributed by atoms with van der Waals surface area (Å²) in [6.07, 6.45) is 2.59. The molecule has 0 fully saturated rings. The maximum Gasteiger partial charge on any atom is 0.251 e. The van der Waals surface area contributed by atoms with Crippen molar-refractivity contribution < 1.29 is 47.9 Å². The lowest BCUT2D eigenvalue weighted by atomic mass is 9.75. The Balaban J connectivity index is 0.822. The zero-order chi connectivity index (χ0) is 42.0. The Kier molecular flexibility index (Phi) is 17.2. The first-order chi connectivity index (χ1) is 28.5. The molecule has 318 valence electrons. The van der Waals surface area contributed by atoms with Crippen molar-refractivity contribution in [3.05, 3.63) is 94.8 Å². The van der Waals surface area contributed by atoms with Gasteiger partial charge in [-0.15, -0.1) is 0 Å². The van der Waals surface area contributed by atoms with E-state index in [1.165, 1.54) is 0 Å². The van der Waals surface area contributed by atoms with Crippen LogP contribution in [0.2, 0.25) is 0 Å². The Hall–Kier alpha value is -5.32. The minimum absolute atomic E-state index is 0.113. The molecule has 0 spiro atoms. The summed E-state index contributed by atoms with van der Waals surface area (Å²) in [6, 6.07) is 18.6. The van der Waals surface area contributed by atoms with E-state index in [9.17, 15) is 19.5 Å². The van der Waals surface area contributed by atoms with Crippen molar-refractivity contribution in [3.63, 3.8) is 0 Å². The molecule has 1 aliphatic rings. The van der Waals surface area contributed by atoms with Crippen LogP contribution in [0.4, 0.5) is 5.69 Å². The predicted molar refractivity (Wildman–Crippen MR) is 222 cm³/mol. The lowest BCUT2D eigenvalue weighted by Gasteiger charge is -2.29. The molecule has 3 aromatic carbocycles. The summed E-state index contributed by atoms with van der Waals surface area (Å²) in [4.78, 5) is 37.4. The normalized spacial score (nSPS) is 13.2. The molecular formula is C44H57N5O10. The number of ether oxygens (including phenoxy) is 6. The number of rotatable bonds is 26. The van der Waals surface area contributed by atoms with Gasteiger partial charge >= 0.3 is 0 Å². The number of Topliss-reactive ketones (excluding diaryl/α,β-unsaturated/α-hetero) is 1. The lowest BCUT2D eigenvalue weighted by Crippen LogP contribution is -2.28. The number of hydrogen-bond donors (Lipinski definition) is 4. The van der Waals surface area contributed by atoms with E-state index >= 15 is 0 Å². The summed E-state index contributed by atoms with van der Waals surface area (Å²) in [5, 5.41) is 20.3. The zero-order valence-corrected chi connectivity index (χ0v) is 34.3. The van der Waals surface area contributed by atoms with Crippen LogP contribution in [0.15, 0.2) is 66.7 Å². The van der Waals surface area contributed by atoms with Crippen LogP contribution in [0.3, 0.4) is 0 Å². The Bertz CT molecular complexity index is 1960. The number of anilines is 1. The number of phenols is 1. The van der Waals surface area contributed by atoms with Gasteiger partial charge in [-0.3, -0.25) is 14.4 Å². The summed E-state index contributed by atoms with van der Waals surface area (Å²) in [5.74, 6) is 0.759. The molecule has 1 aliphatic carbocycles. The highest BCUT2D eigenvalue weighted by atomic mass is 16.6. The predicted octanol–water partition coefficient (Wildman–Crippen LogP) is 5.64. The topological polar surface area (TPSA) is 195 Å². The first-order valence-electron chi connectivity index (χ1n) is 20.0. The average Bonchev–Trinajstić information content (AvgIpc) is 3.54. The van der Waals surface area contributed by atoms with Crippen LogP contribution in [0.5, 0.6) is 17.2 Å². The number of phenolic OH excluding ortho intramolecular Hbond substituents is 1. The first kappa shape index (κ1) is 44.8. The number of nitrogens with one attached hydrogen (secondary N) is 2. The molecule has 2 amide bonds. The van der Waals surface area contributed by atoms with E-state index in [1.807, 2.05) is 17.7 Å². The van der Waals surface area contributed by atoms with Gasteiger partial charge in [-0.25, -0.2) is 4.68 Å². The third kappa shape index (κ3) is 14.2. The molecule has 15 heteroatoms. The molecule has 59 heavy (non-hydrogen) atoms. The number of carbonyl (C=O) groups is 3. The van der Waals surface area contributed by atoms with E-state index < -0.39 is 5.91 Å². The van der Waals surface area contributed by atoms with Crippen molar-refractivity contribution in [1.82, 2.24) is 15.1 Å². The number of aromatic nitrogens is 2. The van der Waals surface area contributed by atoms with Crippen LogP contribution in [0.1, 0.15) is 75.6 Å². The third-order valence-corrected chi connectivity index (χ3v) is 9.44. The van der Waals surface area contributed by atoms with Gasteiger partial charge in [-0.05, 0) is 98.3 Å². The molecule has 1 aromatic heterocycles. The van der Waals surface area contributed by atoms with E-state index in [0.717, 1.165) is 17.8 Å². The fourth-order valence-corrected chi connectivity index (χ4v) is 6.56. The number of hydrogen-bond acceptors (Lipinski definition) is 12. The molecule has 1 heterocycles. The van der Waals surface area contributed by atoms with Crippen molar-refractivity contribution in [1.29, 1.82) is 0 Å². The molecule has 5 N–H and O–H groups in total. The summed E-state index contributed by atoms with van der Waals surface area (Å²) in [5.41, 5.74) is 10.1. The number of fused-ring (bicyclic) bond motifs is 1. The maximum atomic E-state index is 12.9. The highest BCUT2D eigenvalue weighted by Gasteiger charge is 2.35. The SMILES string of the molecule is Cc1nn(-c2ccc(C(N)=O)c(NCCCOCCOCCOCCOCCOCCCNC(=O)c3ccc(Oc4ccc(O)cc4)cc3)c2)c2c1C(=O)CC(C)(C)C2. The maximum absolute atomic E-state index is 12.9. The fourth-order valence-electron chi connectivity index (χ4n) is 6.56. The van der Waals surface area contributed by atoms with Crippen LogP contribution in [-0.2, 0) is 30.1 Å². The van der Waals surface area contributed by atoms with Gasteiger partial charge in [-0.2, -0.15) is 5.10 Å². The molecule has 0 atom stereocenters. The molecular weight excluding hydrogens is 759 g/mol. The minimum Gasteiger partial charge on any atom is -0.508 e. The van der Waals surface area contributed by atoms with Crippen molar-refractivity contribution in [3.8, 4) is 22.9 Å². The van der Waals surface area contributed by atoms with E-state index in [-0.39, 0.29) is 22.9 Å². The Morgan fingerprint density at radius 2 is 1.31 bits per heavy atom. The molecule has 0 unspecified atom stereocenters. The van der Waals surface area contributed by atoms with Gasteiger partial charge in [0.15, 0.2) is 5.78 Å². The number of carbonyl (C=O) groups excluding carboxylic acids is 3. The zero-order valence-electron chi connectivity index (χ0n) is 34.3. The molecule has 0 saturated carbocycles. The monoisotopic (exact) mass is 815 g/mol. The van der Waals surface area contributed by atoms with Crippen molar-refractivity contribution >= 4 is 23.3 Å². The molecule has 0 aliphatic heterocycles. The van der Waals surface area contributed by atoms with Gasteiger partial charge in [0.05, 0.1) is 81.1 Å². The van der Waals surface area contributed by atoms with E-state index in [4.69, 9.17) is 39.3 Å². The number of benzene rings is 3. The number of aromatic hydroxyl groups is 1. The number of nitrogens with two attached hydrogens (primary N) is 1. The van der Waals surface area contributed by atoms with Gasteiger partial charge in [0.2, 0.25) is 0 Å². The number of amides is 2. The van der Waals surface area contributed by atoms with Crippen LogP contribution in [0.25, 0.3) is 5.69 Å². The van der Waals surface area contributed by atoms with Gasteiger partial charge in [0.1, 0.15) is 17.2 Å². The molecule has 5 rings (SSSR count). The third-order valence-electron chi connectivity index (χ3n) is 9.44. The molecule has 4 aromatic rings. The fraction of sp³-hybridized carbons (Fsp3) is 0.455. The highest BCUT2D eigenvalue weighted by molar-refractivity contribution is 6.00. The van der Waals surface area contributed by atoms with Crippen molar-refractivity contribution in [2.24, 2.45) is 11.1 Å². The number of ketones is 1. The van der Waals surface area contributed by atoms with Gasteiger partial charge in [0.25, 0.3) is 11.8 Å². The van der Waals surface area contributed by atoms with Gasteiger partial charge in [0, 0.05) is 44.0 Å². The van der Waals surface area contributed by atoms with E-state index in [0.29, 0.717) is 138 Å². The minimum atomic E-state index is -0.530. The molecule has 15 nitrogen and oxygen atoms in total. The van der Waals surface area contributed by atoms with Gasteiger partial charge in [-0.1, -0.05) is 13.8 Å². The second kappa shape index (κ2) is 22.7. The van der Waals surface area contributed by atoms with E-state index in [1.54, 1.807) is 60.7 Å². The van der Waals surface area contributed by atoms with Crippen molar-refractivity contribution in [2.45, 2.75) is 46.5 Å². The summed E-state index contributed by atoms with van der Waals surface area (Å²) in [6.45, 7) is 11.7. The Morgan fingerprint density at radius 1 is 0.763 bits per heavy atom. The first-order valence-corrected chi connectivity index (χ1v) is 20.0. The molecule has 0 bridgehead atoms. The second-order valence-corrected chi connectivity index (χ2v) is 14.9. The van der Waals surface area contributed by atoms with Crippen molar-refractivity contribution in [2.75, 3.05) is 84.5 Å². The largest absolute Gasteiger partial charge is 0.508 e. The van der Waals surface area contributed by atoms with Crippen LogP contribution < -0.4 is 21.1 Å². The number of nitrogens with zero attached hydrogens (tertiary/aromatic N) is 2. The molecule has 0 saturated heterocycles. The summed E-state index contributed by atoms with van der Waals surface area (Å²) >= 11 is 0. The smallest absolute Gasteiger partial charge is 0.251 e. The molecule has 0 radical (unpaired) electrons. The second-order valence-electron chi connectivity index (χ2n) is 14.9. The van der Waals surface area contributed by atoms with Crippen LogP contribution in [0, 0.1) is 12.3 Å². The standard InChI is InChI=1S/C44H57N5O10/c1-31-41-39(29-44(2,3)30-40(41)51)49(48-31)33-8-15-37(42(45)52)38(28-33)46-16-4-18-54-20-22-56-24-26-58-27-25-57-23-21-55-19-5-17-47-43(53)32-6-11-35(12-7-32)59-36-13-9-34(50)10-14-36/h6-15,28,46,50H,4-5,16-27,29-30H2,1-3H3,(H2,45,52)(H,47,53). The van der Waals surface area contributed by atoms with Crippen LogP contribution >= 0.6 is 0 Å².